The smallest absolute Gasteiger partial charge is 0.269 e. The van der Waals surface area contributed by atoms with E-state index in [0.717, 1.165) is 18.4 Å². The van der Waals surface area contributed by atoms with Gasteiger partial charge in [0.25, 0.3) is 5.91 Å². The van der Waals surface area contributed by atoms with Crippen molar-refractivity contribution >= 4 is 23.2 Å². The number of nitrogens with one attached hydrogen (secondary N) is 3. The third-order valence-electron chi connectivity index (χ3n) is 3.77. The summed E-state index contributed by atoms with van der Waals surface area (Å²) in [4.78, 5) is 12.3. The zero-order valence-corrected chi connectivity index (χ0v) is 16.4. The lowest BCUT2D eigenvalue weighted by Gasteiger charge is -2.14. The van der Waals surface area contributed by atoms with Gasteiger partial charge in [-0.05, 0) is 42.4 Å². The summed E-state index contributed by atoms with van der Waals surface area (Å²) in [6.07, 6.45) is 2.01. The van der Waals surface area contributed by atoms with Gasteiger partial charge in [0.1, 0.15) is 0 Å². The number of carbonyl (C=O) groups is 1. The normalized spacial score (nSPS) is 10.0. The molecule has 2 rings (SSSR count). The van der Waals surface area contributed by atoms with Crippen molar-refractivity contribution in [1.29, 1.82) is 0 Å². The van der Waals surface area contributed by atoms with E-state index < -0.39 is 0 Å². The summed E-state index contributed by atoms with van der Waals surface area (Å²) in [5.74, 6) is 0.816. The summed E-state index contributed by atoms with van der Waals surface area (Å²) in [7, 11) is 1.55. The van der Waals surface area contributed by atoms with Gasteiger partial charge in [-0.2, -0.15) is 0 Å². The van der Waals surface area contributed by atoms with Crippen molar-refractivity contribution < 1.29 is 14.3 Å². The second-order valence-electron chi connectivity index (χ2n) is 5.82. The highest BCUT2D eigenvalue weighted by Gasteiger charge is 2.11. The SMILES string of the molecule is CCCCOc1ccc(C(=O)NNC(=S)NCc2ccccc2)cc1OC. The number of rotatable bonds is 8. The van der Waals surface area contributed by atoms with Crippen LogP contribution in [0.4, 0.5) is 0 Å². The molecule has 6 nitrogen and oxygen atoms in total. The fourth-order valence-corrected chi connectivity index (χ4v) is 2.39. The van der Waals surface area contributed by atoms with Crippen LogP contribution < -0.4 is 25.6 Å². The molecule has 27 heavy (non-hydrogen) atoms. The Kier molecular flexibility index (Phi) is 8.38. The number of hydrazine groups is 1. The van der Waals surface area contributed by atoms with Gasteiger partial charge >= 0.3 is 0 Å². The molecule has 0 spiro atoms. The fraction of sp³-hybridized carbons (Fsp3) is 0.300. The van der Waals surface area contributed by atoms with Crippen molar-refractivity contribution in [1.82, 2.24) is 16.2 Å². The topological polar surface area (TPSA) is 71.6 Å². The molecule has 0 aliphatic heterocycles. The molecule has 0 saturated heterocycles. The maximum atomic E-state index is 12.3. The van der Waals surface area contributed by atoms with Gasteiger partial charge in [0.2, 0.25) is 0 Å². The number of methoxy groups -OCH3 is 1. The van der Waals surface area contributed by atoms with E-state index in [-0.39, 0.29) is 5.91 Å². The zero-order valence-electron chi connectivity index (χ0n) is 15.6. The van der Waals surface area contributed by atoms with E-state index in [9.17, 15) is 4.79 Å². The van der Waals surface area contributed by atoms with Crippen LogP contribution in [0.5, 0.6) is 11.5 Å². The predicted octanol–water partition coefficient (Wildman–Crippen LogP) is 3.18. The van der Waals surface area contributed by atoms with Crippen LogP contribution in [0.3, 0.4) is 0 Å². The van der Waals surface area contributed by atoms with Crippen molar-refractivity contribution in [2.75, 3.05) is 13.7 Å². The van der Waals surface area contributed by atoms with Crippen molar-refractivity contribution in [3.8, 4) is 11.5 Å². The van der Waals surface area contributed by atoms with Crippen LogP contribution in [-0.4, -0.2) is 24.7 Å². The Morgan fingerprint density at radius 1 is 1.07 bits per heavy atom. The molecule has 0 aliphatic rings. The first-order chi connectivity index (χ1) is 13.1. The van der Waals surface area contributed by atoms with Crippen LogP contribution in [0.15, 0.2) is 48.5 Å². The average molecular weight is 388 g/mol. The van der Waals surface area contributed by atoms with Crippen molar-refractivity contribution in [3.63, 3.8) is 0 Å². The van der Waals surface area contributed by atoms with Crippen LogP contribution in [0.1, 0.15) is 35.7 Å². The molecule has 1 amide bonds. The molecule has 144 valence electrons. The maximum absolute atomic E-state index is 12.3. The molecular formula is C20H25N3O3S. The highest BCUT2D eigenvalue weighted by Crippen LogP contribution is 2.28. The lowest BCUT2D eigenvalue weighted by Crippen LogP contribution is -2.46. The van der Waals surface area contributed by atoms with Gasteiger partial charge < -0.3 is 14.8 Å². The van der Waals surface area contributed by atoms with Gasteiger partial charge in [-0.25, -0.2) is 0 Å². The Morgan fingerprint density at radius 3 is 2.56 bits per heavy atom. The zero-order chi connectivity index (χ0) is 19.5. The molecule has 2 aromatic rings. The number of carbonyl (C=O) groups excluding carboxylic acids is 1. The highest BCUT2D eigenvalue weighted by atomic mass is 32.1. The van der Waals surface area contributed by atoms with E-state index in [2.05, 4.69) is 23.1 Å². The Balaban J connectivity index is 1.84. The molecule has 3 N–H and O–H groups in total. The molecule has 0 aromatic heterocycles. The van der Waals surface area contributed by atoms with Crippen LogP contribution in [0.25, 0.3) is 0 Å². The molecule has 0 unspecified atom stereocenters. The number of unbranched alkanes of at least 4 members (excludes halogenated alkanes) is 1. The first kappa shape index (κ1) is 20.5. The standard InChI is InChI=1S/C20H25N3O3S/c1-3-4-12-26-17-11-10-16(13-18(17)25-2)19(24)22-23-20(27)21-14-15-8-6-5-7-9-15/h5-11,13H,3-4,12,14H2,1-2H3,(H,22,24)(H2,21,23,27). The fourth-order valence-electron chi connectivity index (χ4n) is 2.26. The van der Waals surface area contributed by atoms with Gasteiger partial charge in [-0.1, -0.05) is 43.7 Å². The maximum Gasteiger partial charge on any atom is 0.269 e. The number of hydrogen-bond acceptors (Lipinski definition) is 4. The lowest BCUT2D eigenvalue weighted by molar-refractivity contribution is 0.0943. The van der Waals surface area contributed by atoms with Gasteiger partial charge in [-0.3, -0.25) is 15.6 Å². The number of ether oxygens (including phenoxy) is 2. The second kappa shape index (κ2) is 11.0. The Hall–Kier alpha value is -2.80. The van der Waals surface area contributed by atoms with Crippen LogP contribution in [0, 0.1) is 0 Å². The summed E-state index contributed by atoms with van der Waals surface area (Å²) in [5, 5.41) is 3.36. The third kappa shape index (κ3) is 6.79. The van der Waals surface area contributed by atoms with Crippen molar-refractivity contribution in [2.45, 2.75) is 26.3 Å². The number of benzene rings is 2. The van der Waals surface area contributed by atoms with E-state index in [1.165, 1.54) is 0 Å². The number of amides is 1. The molecule has 0 heterocycles. The Morgan fingerprint density at radius 2 is 1.85 bits per heavy atom. The molecule has 0 atom stereocenters. The van der Waals surface area contributed by atoms with Crippen molar-refractivity contribution in [3.05, 3.63) is 59.7 Å². The largest absolute Gasteiger partial charge is 0.493 e. The summed E-state index contributed by atoms with van der Waals surface area (Å²) in [6, 6.07) is 14.9. The highest BCUT2D eigenvalue weighted by molar-refractivity contribution is 7.80. The van der Waals surface area contributed by atoms with Crippen molar-refractivity contribution in [2.24, 2.45) is 0 Å². The van der Waals surface area contributed by atoms with E-state index in [1.807, 2.05) is 30.3 Å². The van der Waals surface area contributed by atoms with E-state index in [0.29, 0.717) is 35.3 Å². The molecule has 0 fully saturated rings. The monoisotopic (exact) mass is 387 g/mol. The van der Waals surface area contributed by atoms with E-state index in [4.69, 9.17) is 21.7 Å². The number of hydrogen-bond donors (Lipinski definition) is 3. The molecular weight excluding hydrogens is 362 g/mol. The molecule has 2 aromatic carbocycles. The summed E-state index contributed by atoms with van der Waals surface area (Å²) in [5.41, 5.74) is 6.79. The van der Waals surface area contributed by atoms with Gasteiger partial charge in [0, 0.05) is 12.1 Å². The summed E-state index contributed by atoms with van der Waals surface area (Å²) < 4.78 is 11.0. The predicted molar refractivity (Wildman–Crippen MR) is 110 cm³/mol. The third-order valence-corrected chi connectivity index (χ3v) is 4.01. The molecule has 7 heteroatoms. The molecule has 0 bridgehead atoms. The Bertz CT molecular complexity index is 753. The average Bonchev–Trinajstić information content (AvgIpc) is 2.71. The minimum absolute atomic E-state index is 0.322. The van der Waals surface area contributed by atoms with Gasteiger partial charge in [0.05, 0.1) is 13.7 Å². The number of thiocarbonyl (C=S) groups is 1. The van der Waals surface area contributed by atoms with E-state index >= 15 is 0 Å². The molecule has 0 radical (unpaired) electrons. The van der Waals surface area contributed by atoms with Crippen LogP contribution >= 0.6 is 12.2 Å². The second-order valence-corrected chi connectivity index (χ2v) is 6.22. The Labute approximate surface area is 165 Å². The first-order valence-corrected chi connectivity index (χ1v) is 9.23. The van der Waals surface area contributed by atoms with E-state index in [1.54, 1.807) is 25.3 Å². The first-order valence-electron chi connectivity index (χ1n) is 8.83. The van der Waals surface area contributed by atoms with Gasteiger partial charge in [0.15, 0.2) is 16.6 Å². The van der Waals surface area contributed by atoms with Crippen LogP contribution in [0.2, 0.25) is 0 Å². The lowest BCUT2D eigenvalue weighted by atomic mass is 10.2. The summed E-state index contributed by atoms with van der Waals surface area (Å²) in [6.45, 7) is 3.28. The summed E-state index contributed by atoms with van der Waals surface area (Å²) >= 11 is 5.17. The quantitative estimate of drug-likeness (QED) is 0.367. The van der Waals surface area contributed by atoms with Crippen LogP contribution in [-0.2, 0) is 6.54 Å². The minimum atomic E-state index is -0.322. The van der Waals surface area contributed by atoms with Gasteiger partial charge in [-0.15, -0.1) is 0 Å². The molecule has 0 saturated carbocycles. The minimum Gasteiger partial charge on any atom is -0.493 e. The molecule has 0 aliphatic carbocycles.